The molecule has 3 rings (SSSR count). The van der Waals surface area contributed by atoms with Crippen molar-refractivity contribution in [1.82, 2.24) is 15.5 Å². The molecular weight excluding hydrogens is 397 g/mol. The van der Waals surface area contributed by atoms with E-state index in [0.29, 0.717) is 13.2 Å². The molecule has 7 heteroatoms. The van der Waals surface area contributed by atoms with Gasteiger partial charge in [-0.05, 0) is 63.0 Å². The topological polar surface area (TPSA) is 53.6 Å². The van der Waals surface area contributed by atoms with Crippen LogP contribution in [0.1, 0.15) is 43.2 Å². The molecule has 0 unspecified atom stereocenters. The number of nitrogens with zero attached hydrogens (tertiary/aromatic N) is 1. The summed E-state index contributed by atoms with van der Waals surface area (Å²) in [5, 5.41) is 6.46. The lowest BCUT2D eigenvalue weighted by Crippen LogP contribution is -2.49. The highest BCUT2D eigenvalue weighted by atomic mass is 35.5. The summed E-state index contributed by atoms with van der Waals surface area (Å²) in [6.45, 7) is 6.31. The Balaban J connectivity index is 0.00000196. The number of carbonyl (C=O) groups is 1. The highest BCUT2D eigenvalue weighted by Gasteiger charge is 2.39. The Labute approximate surface area is 181 Å². The molecule has 0 aromatic heterocycles. The largest absolute Gasteiger partial charge is 0.384 e. The average molecular weight is 432 g/mol. The second-order valence-electron chi connectivity index (χ2n) is 7.80. The molecule has 2 N–H and O–H groups in total. The first-order chi connectivity index (χ1) is 12.7. The van der Waals surface area contributed by atoms with Gasteiger partial charge in [-0.25, -0.2) is 0 Å². The van der Waals surface area contributed by atoms with Gasteiger partial charge in [0.25, 0.3) is 0 Å². The molecule has 0 atom stereocenters. The lowest BCUT2D eigenvalue weighted by Gasteiger charge is -2.35. The zero-order valence-electron chi connectivity index (χ0n) is 16.9. The van der Waals surface area contributed by atoms with Crippen LogP contribution >= 0.6 is 24.8 Å². The third-order valence-corrected chi connectivity index (χ3v) is 5.79. The van der Waals surface area contributed by atoms with Crippen LogP contribution in [-0.2, 0) is 22.6 Å². The fraction of sp³-hybridized carbons (Fsp3) is 0.667. The number of carbonyl (C=O) groups excluding carboxylic acids is 1. The Bertz CT molecular complexity index is 566. The summed E-state index contributed by atoms with van der Waals surface area (Å²) in [5.41, 5.74) is 2.13. The molecular formula is C21H35Cl2N3O2. The second kappa shape index (κ2) is 12.7. The predicted molar refractivity (Wildman–Crippen MR) is 118 cm³/mol. The number of likely N-dealkylation sites (tertiary alicyclic amines) is 1. The van der Waals surface area contributed by atoms with Gasteiger partial charge in [-0.1, -0.05) is 30.7 Å². The molecule has 2 aliphatic rings. The number of halogens is 2. The van der Waals surface area contributed by atoms with E-state index in [1.54, 1.807) is 7.11 Å². The third-order valence-electron chi connectivity index (χ3n) is 5.79. The van der Waals surface area contributed by atoms with Gasteiger partial charge in [-0.3, -0.25) is 9.69 Å². The summed E-state index contributed by atoms with van der Waals surface area (Å²) in [5.74, 6) is 0.123. The Hall–Kier alpha value is -0.850. The highest BCUT2D eigenvalue weighted by molar-refractivity contribution is 5.85. The van der Waals surface area contributed by atoms with Crippen molar-refractivity contribution < 1.29 is 9.53 Å². The minimum absolute atomic E-state index is 0. The lowest BCUT2D eigenvalue weighted by molar-refractivity contribution is -0.136. The summed E-state index contributed by atoms with van der Waals surface area (Å²) in [4.78, 5) is 15.3. The number of ether oxygens (including phenoxy) is 1. The lowest BCUT2D eigenvalue weighted by atomic mass is 9.78. The number of nitrogens with one attached hydrogen (secondary N) is 2. The van der Waals surface area contributed by atoms with Crippen LogP contribution in [0.4, 0.5) is 0 Å². The van der Waals surface area contributed by atoms with Crippen LogP contribution in [0.25, 0.3) is 0 Å². The van der Waals surface area contributed by atoms with Gasteiger partial charge in [-0.15, -0.1) is 24.8 Å². The Morgan fingerprint density at radius 3 is 2.29 bits per heavy atom. The number of amides is 1. The van der Waals surface area contributed by atoms with E-state index in [1.807, 2.05) is 0 Å². The molecule has 5 nitrogen and oxygen atoms in total. The molecule has 1 amide bonds. The maximum atomic E-state index is 12.8. The summed E-state index contributed by atoms with van der Waals surface area (Å²) in [6.07, 6.45) is 5.68. The van der Waals surface area contributed by atoms with Crippen molar-refractivity contribution in [3.8, 4) is 0 Å². The van der Waals surface area contributed by atoms with Gasteiger partial charge >= 0.3 is 0 Å². The Morgan fingerprint density at radius 2 is 1.68 bits per heavy atom. The first-order valence-electron chi connectivity index (χ1n) is 10.00. The molecule has 0 spiro atoms. The number of benzene rings is 1. The maximum Gasteiger partial charge on any atom is 0.228 e. The van der Waals surface area contributed by atoms with Gasteiger partial charge < -0.3 is 15.4 Å². The number of methoxy groups -OCH3 is 1. The monoisotopic (exact) mass is 431 g/mol. The second-order valence-corrected chi connectivity index (χ2v) is 7.80. The zero-order chi connectivity index (χ0) is 18.2. The molecule has 2 aliphatic heterocycles. The van der Waals surface area contributed by atoms with Crippen molar-refractivity contribution >= 4 is 30.7 Å². The van der Waals surface area contributed by atoms with E-state index >= 15 is 0 Å². The minimum atomic E-state index is -0.381. The van der Waals surface area contributed by atoms with Crippen molar-refractivity contribution in [2.24, 2.45) is 5.41 Å². The van der Waals surface area contributed by atoms with E-state index in [-0.39, 0.29) is 36.1 Å². The van der Waals surface area contributed by atoms with E-state index in [4.69, 9.17) is 4.74 Å². The third kappa shape index (κ3) is 6.89. The van der Waals surface area contributed by atoms with Gasteiger partial charge in [0.2, 0.25) is 5.91 Å². The van der Waals surface area contributed by atoms with Crippen LogP contribution < -0.4 is 10.6 Å². The van der Waals surface area contributed by atoms with Crippen molar-refractivity contribution in [3.05, 3.63) is 35.4 Å². The van der Waals surface area contributed by atoms with E-state index in [1.165, 1.54) is 37.9 Å². The quantitative estimate of drug-likeness (QED) is 0.695. The number of rotatable bonds is 7. The molecule has 160 valence electrons. The van der Waals surface area contributed by atoms with Crippen LogP contribution in [0.3, 0.4) is 0 Å². The van der Waals surface area contributed by atoms with Crippen LogP contribution in [0.5, 0.6) is 0 Å². The van der Waals surface area contributed by atoms with Crippen molar-refractivity contribution in [3.63, 3.8) is 0 Å². The fourth-order valence-electron chi connectivity index (χ4n) is 4.13. The highest BCUT2D eigenvalue weighted by Crippen LogP contribution is 2.29. The van der Waals surface area contributed by atoms with Crippen molar-refractivity contribution in [2.45, 2.75) is 45.2 Å². The minimum Gasteiger partial charge on any atom is -0.384 e. The summed E-state index contributed by atoms with van der Waals surface area (Å²) >= 11 is 0. The zero-order valence-corrected chi connectivity index (χ0v) is 18.5. The number of hydrogen-bond acceptors (Lipinski definition) is 4. The normalized spacial score (nSPS) is 19.2. The molecule has 2 heterocycles. The smallest absolute Gasteiger partial charge is 0.228 e. The fourth-order valence-corrected chi connectivity index (χ4v) is 4.13. The van der Waals surface area contributed by atoms with Crippen LogP contribution in [0, 0.1) is 5.41 Å². The van der Waals surface area contributed by atoms with E-state index in [2.05, 4.69) is 39.8 Å². The van der Waals surface area contributed by atoms with Gasteiger partial charge in [-0.2, -0.15) is 0 Å². The summed E-state index contributed by atoms with van der Waals surface area (Å²) in [6, 6.07) is 8.69. The average Bonchev–Trinajstić information content (AvgIpc) is 2.69. The standard InChI is InChI=1S/C21H33N3O2.2ClH/c1-26-17-21(9-11-22-12-10-21)20(25)23-15-18-5-7-19(8-6-18)16-24-13-3-2-4-14-24;;/h5-8,22H,2-4,9-17H2,1H3,(H,23,25);2*1H. The molecule has 0 bridgehead atoms. The van der Waals surface area contributed by atoms with Crippen molar-refractivity contribution in [1.29, 1.82) is 0 Å². The van der Waals surface area contributed by atoms with Gasteiger partial charge in [0.15, 0.2) is 0 Å². The number of piperidine rings is 2. The first-order valence-corrected chi connectivity index (χ1v) is 10.00. The molecule has 2 saturated heterocycles. The van der Waals surface area contributed by atoms with Crippen LogP contribution in [-0.4, -0.2) is 50.7 Å². The Kier molecular flexibility index (Phi) is 11.4. The van der Waals surface area contributed by atoms with Crippen molar-refractivity contribution in [2.75, 3.05) is 39.9 Å². The van der Waals surface area contributed by atoms with Gasteiger partial charge in [0.1, 0.15) is 0 Å². The van der Waals surface area contributed by atoms with E-state index in [9.17, 15) is 4.79 Å². The predicted octanol–water partition coefficient (Wildman–Crippen LogP) is 3.15. The van der Waals surface area contributed by atoms with Gasteiger partial charge in [0, 0.05) is 20.2 Å². The summed E-state index contributed by atoms with van der Waals surface area (Å²) < 4.78 is 5.35. The van der Waals surface area contributed by atoms with Crippen LogP contribution in [0.15, 0.2) is 24.3 Å². The van der Waals surface area contributed by atoms with E-state index in [0.717, 1.165) is 38.0 Å². The molecule has 0 aliphatic carbocycles. The Morgan fingerprint density at radius 1 is 1.07 bits per heavy atom. The molecule has 1 aromatic carbocycles. The SMILES string of the molecule is COCC1(C(=O)NCc2ccc(CN3CCCCC3)cc2)CCNCC1.Cl.Cl. The van der Waals surface area contributed by atoms with Crippen LogP contribution in [0.2, 0.25) is 0 Å². The molecule has 1 aromatic rings. The van der Waals surface area contributed by atoms with Gasteiger partial charge in [0.05, 0.1) is 12.0 Å². The van der Waals surface area contributed by atoms with E-state index < -0.39 is 0 Å². The summed E-state index contributed by atoms with van der Waals surface area (Å²) in [7, 11) is 1.68. The molecule has 0 radical (unpaired) electrons. The molecule has 0 saturated carbocycles. The number of hydrogen-bond donors (Lipinski definition) is 2. The maximum absolute atomic E-state index is 12.8. The first kappa shape index (κ1) is 25.2. The molecule has 2 fully saturated rings. The molecule has 28 heavy (non-hydrogen) atoms.